The Bertz CT molecular complexity index is 873. The summed E-state index contributed by atoms with van der Waals surface area (Å²) < 4.78 is 11.2. The third-order valence-corrected chi connectivity index (χ3v) is 3.89. The number of ether oxygens (including phenoxy) is 2. The summed E-state index contributed by atoms with van der Waals surface area (Å²) in [4.78, 5) is 12.5. The van der Waals surface area contributed by atoms with Crippen LogP contribution in [-0.4, -0.2) is 34.7 Å². The van der Waals surface area contributed by atoms with Gasteiger partial charge in [0.15, 0.2) is 17.3 Å². The fraction of sp³-hybridized carbons (Fsp3) is 0.333. The number of hydrogen-bond acceptors (Lipinski definition) is 5. The number of rotatable bonds is 4. The van der Waals surface area contributed by atoms with Crippen LogP contribution in [0.4, 0.5) is 5.82 Å². The average Bonchev–Trinajstić information content (AvgIpc) is 3.04. The van der Waals surface area contributed by atoms with Crippen LogP contribution >= 0.6 is 0 Å². The first-order chi connectivity index (χ1) is 11.7. The van der Waals surface area contributed by atoms with Crippen molar-refractivity contribution in [3.05, 3.63) is 30.5 Å². The van der Waals surface area contributed by atoms with Crippen molar-refractivity contribution in [1.82, 2.24) is 15.0 Å². The minimum Gasteiger partial charge on any atom is -0.486 e. The molecule has 1 aromatic carbocycles. The smallest absolute Gasteiger partial charge is 0.162 e. The van der Waals surface area contributed by atoms with E-state index < -0.39 is 0 Å². The molecule has 0 saturated carbocycles. The Labute approximate surface area is 140 Å². The van der Waals surface area contributed by atoms with Gasteiger partial charge in [-0.25, -0.2) is 9.97 Å². The molecule has 0 aliphatic carbocycles. The SMILES string of the molecule is CC(C)CNc1nccc2[nH]c(-c3ccc4c(c3)OCCO4)nc12. The highest BCUT2D eigenvalue weighted by Crippen LogP contribution is 2.34. The Morgan fingerprint density at radius 2 is 2.00 bits per heavy atom. The first-order valence-corrected chi connectivity index (χ1v) is 8.19. The van der Waals surface area contributed by atoms with Gasteiger partial charge in [-0.3, -0.25) is 0 Å². The fourth-order valence-electron chi connectivity index (χ4n) is 2.69. The molecule has 0 atom stereocenters. The molecular weight excluding hydrogens is 304 g/mol. The molecule has 0 amide bonds. The van der Waals surface area contributed by atoms with Gasteiger partial charge in [-0.05, 0) is 30.2 Å². The molecule has 0 radical (unpaired) electrons. The summed E-state index contributed by atoms with van der Waals surface area (Å²) >= 11 is 0. The number of aromatic amines is 1. The van der Waals surface area contributed by atoms with Crippen molar-refractivity contribution in [2.45, 2.75) is 13.8 Å². The van der Waals surface area contributed by atoms with Crippen molar-refractivity contribution in [2.24, 2.45) is 5.92 Å². The van der Waals surface area contributed by atoms with Crippen LogP contribution in [0.25, 0.3) is 22.4 Å². The molecular formula is C18H20N4O2. The Morgan fingerprint density at radius 3 is 2.83 bits per heavy atom. The molecule has 3 heterocycles. The Kier molecular flexibility index (Phi) is 3.72. The highest BCUT2D eigenvalue weighted by Gasteiger charge is 2.15. The zero-order chi connectivity index (χ0) is 16.5. The third kappa shape index (κ3) is 2.75. The van der Waals surface area contributed by atoms with E-state index in [1.165, 1.54) is 0 Å². The van der Waals surface area contributed by atoms with Gasteiger partial charge in [-0.15, -0.1) is 0 Å². The minimum absolute atomic E-state index is 0.540. The lowest BCUT2D eigenvalue weighted by Crippen LogP contribution is -2.15. The van der Waals surface area contributed by atoms with Crippen molar-refractivity contribution >= 4 is 16.9 Å². The molecule has 1 aliphatic heterocycles. The molecule has 0 bridgehead atoms. The van der Waals surface area contributed by atoms with E-state index in [1.54, 1.807) is 6.20 Å². The molecule has 0 unspecified atom stereocenters. The summed E-state index contributed by atoms with van der Waals surface area (Å²) in [6.45, 7) is 6.35. The van der Waals surface area contributed by atoms with Gasteiger partial charge in [0, 0.05) is 18.3 Å². The van der Waals surface area contributed by atoms with Gasteiger partial charge in [-0.1, -0.05) is 13.8 Å². The normalized spacial score (nSPS) is 13.5. The van der Waals surface area contributed by atoms with Gasteiger partial charge in [-0.2, -0.15) is 0 Å². The van der Waals surface area contributed by atoms with E-state index in [0.717, 1.165) is 46.3 Å². The number of pyridine rings is 1. The first kappa shape index (κ1) is 14.8. The van der Waals surface area contributed by atoms with Crippen LogP contribution in [-0.2, 0) is 0 Å². The van der Waals surface area contributed by atoms with Crippen LogP contribution in [0.1, 0.15) is 13.8 Å². The van der Waals surface area contributed by atoms with Crippen LogP contribution in [0.15, 0.2) is 30.5 Å². The van der Waals surface area contributed by atoms with E-state index in [0.29, 0.717) is 19.1 Å². The van der Waals surface area contributed by atoms with E-state index in [1.807, 2.05) is 24.3 Å². The monoisotopic (exact) mass is 324 g/mol. The van der Waals surface area contributed by atoms with Gasteiger partial charge in [0.05, 0.1) is 5.52 Å². The molecule has 2 N–H and O–H groups in total. The summed E-state index contributed by atoms with van der Waals surface area (Å²) in [6.07, 6.45) is 1.79. The second-order valence-corrected chi connectivity index (χ2v) is 6.27. The maximum Gasteiger partial charge on any atom is 0.162 e. The molecule has 24 heavy (non-hydrogen) atoms. The van der Waals surface area contributed by atoms with Crippen molar-refractivity contribution in [1.29, 1.82) is 0 Å². The lowest BCUT2D eigenvalue weighted by atomic mass is 10.2. The van der Waals surface area contributed by atoms with Gasteiger partial charge >= 0.3 is 0 Å². The number of benzene rings is 1. The molecule has 0 spiro atoms. The van der Waals surface area contributed by atoms with E-state index in [4.69, 9.17) is 14.5 Å². The zero-order valence-corrected chi connectivity index (χ0v) is 13.8. The standard InChI is InChI=1S/C18H20N4O2/c1-11(2)10-20-18-16-13(5-6-19-18)21-17(22-16)12-3-4-14-15(9-12)24-8-7-23-14/h3-6,9,11H,7-8,10H2,1-2H3,(H,19,20)(H,21,22). The molecule has 1 aliphatic rings. The average molecular weight is 324 g/mol. The van der Waals surface area contributed by atoms with Gasteiger partial charge < -0.3 is 19.8 Å². The minimum atomic E-state index is 0.540. The van der Waals surface area contributed by atoms with E-state index >= 15 is 0 Å². The third-order valence-electron chi connectivity index (χ3n) is 3.89. The molecule has 124 valence electrons. The lowest BCUT2D eigenvalue weighted by molar-refractivity contribution is 0.171. The summed E-state index contributed by atoms with van der Waals surface area (Å²) in [6, 6.07) is 7.80. The number of fused-ring (bicyclic) bond motifs is 2. The van der Waals surface area contributed by atoms with Crippen LogP contribution in [0, 0.1) is 5.92 Å². The topological polar surface area (TPSA) is 72.1 Å². The van der Waals surface area contributed by atoms with Gasteiger partial charge in [0.25, 0.3) is 0 Å². The van der Waals surface area contributed by atoms with E-state index in [9.17, 15) is 0 Å². The van der Waals surface area contributed by atoms with Crippen LogP contribution < -0.4 is 14.8 Å². The molecule has 6 nitrogen and oxygen atoms in total. The predicted molar refractivity (Wildman–Crippen MR) is 93.6 cm³/mol. The Balaban J connectivity index is 1.71. The molecule has 4 rings (SSSR count). The van der Waals surface area contributed by atoms with Crippen LogP contribution in [0.2, 0.25) is 0 Å². The largest absolute Gasteiger partial charge is 0.486 e. The second-order valence-electron chi connectivity index (χ2n) is 6.27. The first-order valence-electron chi connectivity index (χ1n) is 8.19. The Hall–Kier alpha value is -2.76. The van der Waals surface area contributed by atoms with E-state index in [2.05, 4.69) is 29.1 Å². The summed E-state index contributed by atoms with van der Waals surface area (Å²) in [5.74, 6) is 3.68. The maximum absolute atomic E-state index is 5.66. The molecule has 0 saturated heterocycles. The predicted octanol–water partition coefficient (Wildman–Crippen LogP) is 3.46. The second kappa shape index (κ2) is 6.03. The number of imidazole rings is 1. The number of nitrogens with zero attached hydrogens (tertiary/aromatic N) is 2. The summed E-state index contributed by atoms with van der Waals surface area (Å²) in [5, 5.41) is 3.36. The zero-order valence-electron chi connectivity index (χ0n) is 13.8. The lowest BCUT2D eigenvalue weighted by Gasteiger charge is -2.18. The number of hydrogen-bond donors (Lipinski definition) is 2. The number of anilines is 1. The number of aromatic nitrogens is 3. The highest BCUT2D eigenvalue weighted by molar-refractivity contribution is 5.88. The highest BCUT2D eigenvalue weighted by atomic mass is 16.6. The van der Waals surface area contributed by atoms with Crippen molar-refractivity contribution in [2.75, 3.05) is 25.1 Å². The van der Waals surface area contributed by atoms with Crippen molar-refractivity contribution in [3.8, 4) is 22.9 Å². The number of H-pyrrole nitrogens is 1. The molecule has 2 aromatic heterocycles. The fourth-order valence-corrected chi connectivity index (χ4v) is 2.69. The Morgan fingerprint density at radius 1 is 1.17 bits per heavy atom. The van der Waals surface area contributed by atoms with Crippen molar-refractivity contribution < 1.29 is 9.47 Å². The van der Waals surface area contributed by atoms with Crippen LogP contribution in [0.3, 0.4) is 0 Å². The van der Waals surface area contributed by atoms with Crippen LogP contribution in [0.5, 0.6) is 11.5 Å². The summed E-state index contributed by atoms with van der Waals surface area (Å²) in [7, 11) is 0. The van der Waals surface area contributed by atoms with E-state index in [-0.39, 0.29) is 0 Å². The molecule has 0 fully saturated rings. The quantitative estimate of drug-likeness (QED) is 0.769. The molecule has 6 heteroatoms. The number of nitrogens with one attached hydrogen (secondary N) is 2. The van der Waals surface area contributed by atoms with Gasteiger partial charge in [0.2, 0.25) is 0 Å². The van der Waals surface area contributed by atoms with Gasteiger partial charge in [0.1, 0.15) is 24.6 Å². The maximum atomic E-state index is 5.66. The van der Waals surface area contributed by atoms with Crippen molar-refractivity contribution in [3.63, 3.8) is 0 Å². The summed E-state index contributed by atoms with van der Waals surface area (Å²) in [5.41, 5.74) is 2.77. The molecule has 3 aromatic rings.